The van der Waals surface area contributed by atoms with Crippen LogP contribution in [0.25, 0.3) is 6.08 Å². The number of hydrogen-bond donors (Lipinski definition) is 2. The maximum atomic E-state index is 11.3. The molecule has 0 saturated heterocycles. The van der Waals surface area contributed by atoms with E-state index in [2.05, 4.69) is 31.1 Å². The van der Waals surface area contributed by atoms with Gasteiger partial charge in [-0.25, -0.2) is 0 Å². The van der Waals surface area contributed by atoms with Crippen LogP contribution in [-0.4, -0.2) is 26.1 Å². The van der Waals surface area contributed by atoms with E-state index < -0.39 is 0 Å². The highest BCUT2D eigenvalue weighted by molar-refractivity contribution is 5.53. The summed E-state index contributed by atoms with van der Waals surface area (Å²) in [5.41, 5.74) is 5.01. The molecule has 4 heteroatoms. The SMILES string of the molecule is CCn1nccc1/C=C1\C[C@@H]2[C@@H]3CCc4cc(O)ccc4[C@@H]3CC[C@]2(C)[C@@H]1O. The number of aromatic nitrogens is 2. The second-order valence-corrected chi connectivity index (χ2v) is 9.24. The van der Waals surface area contributed by atoms with Crippen molar-refractivity contribution in [2.24, 2.45) is 17.3 Å². The van der Waals surface area contributed by atoms with E-state index in [4.69, 9.17) is 0 Å². The Hall–Kier alpha value is -2.07. The predicted molar refractivity (Wildman–Crippen MR) is 110 cm³/mol. The maximum Gasteiger partial charge on any atom is 0.115 e. The van der Waals surface area contributed by atoms with Gasteiger partial charge in [0, 0.05) is 18.2 Å². The molecule has 1 aromatic heterocycles. The van der Waals surface area contributed by atoms with Crippen LogP contribution >= 0.6 is 0 Å². The third-order valence-corrected chi connectivity index (χ3v) is 7.96. The normalized spacial score (nSPS) is 35.5. The summed E-state index contributed by atoms with van der Waals surface area (Å²) in [6.45, 7) is 5.25. The van der Waals surface area contributed by atoms with E-state index in [0.717, 1.165) is 44.3 Å². The molecule has 0 bridgehead atoms. The molecule has 148 valence electrons. The summed E-state index contributed by atoms with van der Waals surface area (Å²) in [6.07, 6.45) is 9.05. The van der Waals surface area contributed by atoms with Gasteiger partial charge < -0.3 is 10.2 Å². The van der Waals surface area contributed by atoms with E-state index in [9.17, 15) is 10.2 Å². The zero-order valence-corrected chi connectivity index (χ0v) is 16.8. The van der Waals surface area contributed by atoms with Crippen molar-refractivity contribution in [3.63, 3.8) is 0 Å². The molecule has 28 heavy (non-hydrogen) atoms. The number of phenolic OH excluding ortho intramolecular Hbond substituents is 1. The Kier molecular flexibility index (Phi) is 4.16. The van der Waals surface area contributed by atoms with E-state index in [1.807, 2.05) is 29.1 Å². The lowest BCUT2D eigenvalue weighted by Crippen LogP contribution is -2.44. The number of aliphatic hydroxyl groups excluding tert-OH is 1. The number of phenols is 1. The van der Waals surface area contributed by atoms with Crippen LogP contribution in [0.15, 0.2) is 36.0 Å². The molecule has 2 fully saturated rings. The molecular weight excluding hydrogens is 348 g/mol. The minimum atomic E-state index is -0.361. The molecule has 0 spiro atoms. The van der Waals surface area contributed by atoms with Crippen LogP contribution in [0.3, 0.4) is 0 Å². The van der Waals surface area contributed by atoms with Crippen molar-refractivity contribution in [1.29, 1.82) is 0 Å². The number of aromatic hydroxyl groups is 1. The maximum absolute atomic E-state index is 11.3. The summed E-state index contributed by atoms with van der Waals surface area (Å²) in [6, 6.07) is 7.99. The minimum absolute atomic E-state index is 0.0293. The number of benzene rings is 1. The summed E-state index contributed by atoms with van der Waals surface area (Å²) < 4.78 is 2.00. The molecule has 4 nitrogen and oxygen atoms in total. The van der Waals surface area contributed by atoms with Gasteiger partial charge in [0.25, 0.3) is 0 Å². The fraction of sp³-hybridized carbons (Fsp3) is 0.542. The molecule has 1 heterocycles. The van der Waals surface area contributed by atoms with Crippen LogP contribution in [0.5, 0.6) is 5.75 Å². The Morgan fingerprint density at radius 1 is 1.29 bits per heavy atom. The number of fused-ring (bicyclic) bond motifs is 5. The lowest BCUT2D eigenvalue weighted by molar-refractivity contribution is -0.0158. The Morgan fingerprint density at radius 3 is 2.96 bits per heavy atom. The summed E-state index contributed by atoms with van der Waals surface area (Å²) in [4.78, 5) is 0. The average Bonchev–Trinajstić information content (AvgIpc) is 3.24. The van der Waals surface area contributed by atoms with Crippen molar-refractivity contribution < 1.29 is 10.2 Å². The van der Waals surface area contributed by atoms with Gasteiger partial charge in [-0.05, 0) is 97.8 Å². The third kappa shape index (κ3) is 2.57. The highest BCUT2D eigenvalue weighted by Gasteiger charge is 2.56. The lowest BCUT2D eigenvalue weighted by atomic mass is 9.55. The van der Waals surface area contributed by atoms with Gasteiger partial charge in [-0.2, -0.15) is 5.10 Å². The second kappa shape index (κ2) is 6.48. The van der Waals surface area contributed by atoms with Crippen molar-refractivity contribution in [3.05, 3.63) is 52.9 Å². The molecule has 2 saturated carbocycles. The number of aliphatic hydroxyl groups is 1. The number of hydrogen-bond acceptors (Lipinski definition) is 3. The average molecular weight is 379 g/mol. The summed E-state index contributed by atoms with van der Waals surface area (Å²) >= 11 is 0. The van der Waals surface area contributed by atoms with Crippen molar-refractivity contribution in [2.45, 2.75) is 64.5 Å². The fourth-order valence-electron chi connectivity index (χ4n) is 6.49. The van der Waals surface area contributed by atoms with Crippen LogP contribution in [0.1, 0.15) is 62.3 Å². The first kappa shape index (κ1) is 18.0. The van der Waals surface area contributed by atoms with Crippen LogP contribution in [0.2, 0.25) is 0 Å². The van der Waals surface area contributed by atoms with E-state index in [1.165, 1.54) is 16.7 Å². The van der Waals surface area contributed by atoms with Gasteiger partial charge in [-0.3, -0.25) is 4.68 Å². The number of nitrogens with zero attached hydrogens (tertiary/aromatic N) is 2. The van der Waals surface area contributed by atoms with Gasteiger partial charge in [-0.1, -0.05) is 13.0 Å². The van der Waals surface area contributed by atoms with Gasteiger partial charge in [-0.15, -0.1) is 0 Å². The summed E-state index contributed by atoms with van der Waals surface area (Å²) in [7, 11) is 0. The Labute approximate surface area is 166 Å². The topological polar surface area (TPSA) is 58.3 Å². The van der Waals surface area contributed by atoms with E-state index in [1.54, 1.807) is 0 Å². The molecule has 0 amide bonds. The first-order valence-corrected chi connectivity index (χ1v) is 10.7. The molecule has 0 unspecified atom stereocenters. The Balaban J connectivity index is 1.48. The first-order valence-electron chi connectivity index (χ1n) is 10.7. The van der Waals surface area contributed by atoms with Gasteiger partial charge in [0.1, 0.15) is 5.75 Å². The summed E-state index contributed by atoms with van der Waals surface area (Å²) in [5.74, 6) is 2.09. The molecule has 0 aliphatic heterocycles. The van der Waals surface area contributed by atoms with E-state index >= 15 is 0 Å². The molecule has 2 aromatic rings. The molecular formula is C24H30N2O2. The quantitative estimate of drug-likeness (QED) is 0.808. The highest BCUT2D eigenvalue weighted by Crippen LogP contribution is 2.62. The monoisotopic (exact) mass is 378 g/mol. The largest absolute Gasteiger partial charge is 0.508 e. The molecule has 5 rings (SSSR count). The van der Waals surface area contributed by atoms with Gasteiger partial charge in [0.05, 0.1) is 11.8 Å². The van der Waals surface area contributed by atoms with Crippen molar-refractivity contribution in [1.82, 2.24) is 9.78 Å². The van der Waals surface area contributed by atoms with Gasteiger partial charge >= 0.3 is 0 Å². The van der Waals surface area contributed by atoms with Crippen LogP contribution in [0, 0.1) is 17.3 Å². The highest BCUT2D eigenvalue weighted by atomic mass is 16.3. The zero-order chi connectivity index (χ0) is 19.5. The van der Waals surface area contributed by atoms with E-state index in [0.29, 0.717) is 23.5 Å². The lowest BCUT2D eigenvalue weighted by Gasteiger charge is -2.49. The van der Waals surface area contributed by atoms with E-state index in [-0.39, 0.29) is 11.5 Å². The van der Waals surface area contributed by atoms with Crippen LogP contribution < -0.4 is 0 Å². The minimum Gasteiger partial charge on any atom is -0.508 e. The van der Waals surface area contributed by atoms with Crippen LogP contribution in [0.4, 0.5) is 0 Å². The summed E-state index contributed by atoms with van der Waals surface area (Å²) in [5, 5.41) is 25.5. The molecule has 3 aliphatic rings. The Morgan fingerprint density at radius 2 is 2.14 bits per heavy atom. The zero-order valence-electron chi connectivity index (χ0n) is 16.8. The third-order valence-electron chi connectivity index (χ3n) is 7.96. The molecule has 2 N–H and O–H groups in total. The second-order valence-electron chi connectivity index (χ2n) is 9.24. The molecule has 3 aliphatic carbocycles. The van der Waals surface area contributed by atoms with Crippen molar-refractivity contribution >= 4 is 6.08 Å². The first-order chi connectivity index (χ1) is 13.5. The van der Waals surface area contributed by atoms with Gasteiger partial charge in [0.15, 0.2) is 0 Å². The number of aryl methyl sites for hydroxylation is 2. The number of rotatable bonds is 2. The Bertz CT molecular complexity index is 930. The van der Waals surface area contributed by atoms with Gasteiger partial charge in [0.2, 0.25) is 0 Å². The molecule has 0 radical (unpaired) electrons. The standard InChI is InChI=1S/C24H30N2O2/c1-3-26-17(9-11-25-26)12-16-14-22-21-6-4-15-13-18(27)5-7-19(15)20(21)8-10-24(22,2)23(16)28/h5,7,9,11-13,20-23,27-28H,3-4,6,8,10,14H2,1-2H3/b16-12+/t20-,21+,22+,23+,24-/m0/s1. The molecule has 1 aromatic carbocycles. The van der Waals surface area contributed by atoms with Crippen LogP contribution in [-0.2, 0) is 13.0 Å². The smallest absolute Gasteiger partial charge is 0.115 e. The van der Waals surface area contributed by atoms with Crippen molar-refractivity contribution in [3.8, 4) is 5.75 Å². The fourth-order valence-corrected chi connectivity index (χ4v) is 6.49. The molecule has 5 atom stereocenters. The predicted octanol–water partition coefficient (Wildman–Crippen LogP) is 4.52. The van der Waals surface area contributed by atoms with Crippen molar-refractivity contribution in [2.75, 3.05) is 0 Å².